The van der Waals surface area contributed by atoms with E-state index in [1.807, 2.05) is 0 Å². The van der Waals surface area contributed by atoms with Gasteiger partial charge in [0.05, 0.1) is 5.92 Å². The number of ether oxygens (including phenoxy) is 1. The van der Waals surface area contributed by atoms with Crippen molar-refractivity contribution in [1.82, 2.24) is 0 Å². The van der Waals surface area contributed by atoms with E-state index in [2.05, 4.69) is 20.8 Å². The van der Waals surface area contributed by atoms with Crippen molar-refractivity contribution in [1.29, 1.82) is 0 Å². The van der Waals surface area contributed by atoms with Crippen LogP contribution in [0.15, 0.2) is 0 Å². The summed E-state index contributed by atoms with van der Waals surface area (Å²) >= 11 is 0. The van der Waals surface area contributed by atoms with Crippen LogP contribution in [0.3, 0.4) is 0 Å². The van der Waals surface area contributed by atoms with Gasteiger partial charge in [0, 0.05) is 0 Å². The normalized spacial score (nSPS) is 44.0. The van der Waals surface area contributed by atoms with E-state index < -0.39 is 0 Å². The zero-order valence-corrected chi connectivity index (χ0v) is 13.3. The Balaban J connectivity index is 1.55. The fourth-order valence-corrected chi connectivity index (χ4v) is 4.65. The zero-order chi connectivity index (χ0) is 14.3. The lowest BCUT2D eigenvalue weighted by molar-refractivity contribution is -0.157. The Hall–Kier alpha value is -0.530. The van der Waals surface area contributed by atoms with Crippen LogP contribution >= 0.6 is 0 Å². The first-order valence-electron chi connectivity index (χ1n) is 8.78. The van der Waals surface area contributed by atoms with Crippen LogP contribution in [0.5, 0.6) is 0 Å². The summed E-state index contributed by atoms with van der Waals surface area (Å²) in [6.07, 6.45) is 8.97. The molecule has 0 N–H and O–H groups in total. The van der Waals surface area contributed by atoms with Crippen LogP contribution in [0.4, 0.5) is 0 Å². The van der Waals surface area contributed by atoms with Gasteiger partial charge in [-0.3, -0.25) is 4.79 Å². The molecule has 2 heteroatoms. The van der Waals surface area contributed by atoms with Crippen molar-refractivity contribution >= 4 is 5.97 Å². The summed E-state index contributed by atoms with van der Waals surface area (Å²) in [5.41, 5.74) is 0. The van der Waals surface area contributed by atoms with E-state index >= 15 is 0 Å². The van der Waals surface area contributed by atoms with E-state index in [-0.39, 0.29) is 18.0 Å². The van der Waals surface area contributed by atoms with E-state index in [0.717, 1.165) is 12.3 Å². The van der Waals surface area contributed by atoms with Crippen molar-refractivity contribution in [2.24, 2.45) is 35.5 Å². The molecule has 0 spiro atoms. The first-order valence-corrected chi connectivity index (χ1v) is 8.78. The van der Waals surface area contributed by atoms with Gasteiger partial charge in [-0.05, 0) is 61.7 Å². The maximum absolute atomic E-state index is 12.4. The predicted molar refractivity (Wildman–Crippen MR) is 80.2 cm³/mol. The molecular weight excluding hydrogens is 248 g/mol. The molecule has 0 aliphatic heterocycles. The summed E-state index contributed by atoms with van der Waals surface area (Å²) < 4.78 is 5.96. The first-order chi connectivity index (χ1) is 9.58. The molecule has 20 heavy (non-hydrogen) atoms. The Bertz CT molecular complexity index is 350. The van der Waals surface area contributed by atoms with E-state index in [1.165, 1.54) is 38.5 Å². The lowest BCUT2D eigenvalue weighted by atomic mass is 9.76. The van der Waals surface area contributed by atoms with Gasteiger partial charge >= 0.3 is 5.97 Å². The van der Waals surface area contributed by atoms with Crippen LogP contribution in [-0.2, 0) is 9.53 Å². The van der Waals surface area contributed by atoms with Crippen molar-refractivity contribution in [3.05, 3.63) is 0 Å². The van der Waals surface area contributed by atoms with Crippen molar-refractivity contribution in [3.63, 3.8) is 0 Å². The highest BCUT2D eigenvalue weighted by molar-refractivity contribution is 5.76. The molecule has 0 amide bonds. The molecule has 5 atom stereocenters. The van der Waals surface area contributed by atoms with Gasteiger partial charge in [-0.1, -0.05) is 33.6 Å². The third-order valence-corrected chi connectivity index (χ3v) is 6.30. The van der Waals surface area contributed by atoms with Gasteiger partial charge in [-0.15, -0.1) is 0 Å². The minimum atomic E-state index is 0.142. The number of esters is 1. The third kappa shape index (κ3) is 2.76. The summed E-state index contributed by atoms with van der Waals surface area (Å²) in [6, 6.07) is 0. The molecule has 114 valence electrons. The van der Waals surface area contributed by atoms with Crippen molar-refractivity contribution in [2.75, 3.05) is 0 Å². The molecule has 0 aromatic carbocycles. The van der Waals surface area contributed by atoms with Gasteiger partial charge in [0.15, 0.2) is 0 Å². The number of carbonyl (C=O) groups excluding carboxylic acids is 1. The molecular formula is C18H30O2. The van der Waals surface area contributed by atoms with Crippen LogP contribution < -0.4 is 0 Å². The van der Waals surface area contributed by atoms with Gasteiger partial charge in [-0.2, -0.15) is 0 Å². The number of rotatable bonds is 3. The second kappa shape index (κ2) is 5.69. The Labute approximate surface area is 123 Å². The fraction of sp³-hybridized carbons (Fsp3) is 0.944. The highest BCUT2D eigenvalue weighted by Crippen LogP contribution is 2.56. The summed E-state index contributed by atoms with van der Waals surface area (Å²) in [4.78, 5) is 12.4. The molecule has 0 aromatic heterocycles. The molecule has 5 unspecified atom stereocenters. The first kappa shape index (κ1) is 14.4. The van der Waals surface area contributed by atoms with E-state index in [9.17, 15) is 4.79 Å². The van der Waals surface area contributed by atoms with Crippen molar-refractivity contribution in [2.45, 2.75) is 71.8 Å². The predicted octanol–water partition coefficient (Wildman–Crippen LogP) is 4.43. The monoisotopic (exact) mass is 278 g/mol. The maximum Gasteiger partial charge on any atom is 0.309 e. The molecule has 3 aliphatic carbocycles. The number of fused-ring (bicyclic) bond motifs is 1. The van der Waals surface area contributed by atoms with E-state index in [4.69, 9.17) is 4.74 Å². The minimum absolute atomic E-state index is 0.142. The quantitative estimate of drug-likeness (QED) is 0.714. The lowest BCUT2D eigenvalue weighted by Crippen LogP contribution is -2.34. The molecule has 2 nitrogen and oxygen atoms in total. The highest BCUT2D eigenvalue weighted by Gasteiger charge is 2.56. The summed E-state index contributed by atoms with van der Waals surface area (Å²) in [6.45, 7) is 6.86. The molecule has 0 saturated heterocycles. The smallest absolute Gasteiger partial charge is 0.309 e. The molecule has 0 heterocycles. The Kier molecular flexibility index (Phi) is 4.10. The maximum atomic E-state index is 12.4. The average Bonchev–Trinajstić information content (AvgIpc) is 3.15. The molecule has 3 aliphatic rings. The number of hydrogen-bond acceptors (Lipinski definition) is 2. The van der Waals surface area contributed by atoms with Gasteiger partial charge in [0.1, 0.15) is 6.10 Å². The minimum Gasteiger partial charge on any atom is -0.462 e. The molecule has 0 aromatic rings. The summed E-state index contributed by atoms with van der Waals surface area (Å²) in [7, 11) is 0. The van der Waals surface area contributed by atoms with Crippen molar-refractivity contribution in [3.8, 4) is 0 Å². The van der Waals surface area contributed by atoms with Crippen molar-refractivity contribution < 1.29 is 9.53 Å². The van der Waals surface area contributed by atoms with Crippen LogP contribution in [-0.4, -0.2) is 12.1 Å². The van der Waals surface area contributed by atoms with Crippen LogP contribution in [0.25, 0.3) is 0 Å². The number of hydrogen-bond donors (Lipinski definition) is 0. The van der Waals surface area contributed by atoms with Crippen LogP contribution in [0.1, 0.15) is 65.7 Å². The van der Waals surface area contributed by atoms with Gasteiger partial charge in [0.25, 0.3) is 0 Å². The standard InChI is InChI=1S/C18H30O2/c1-11(2)13-9-8-12(3)16(10-13)20-18(19)17-14-6-4-5-7-15(14)17/h11-17H,4-10H2,1-3H3. The highest BCUT2D eigenvalue weighted by atomic mass is 16.5. The second-order valence-corrected chi connectivity index (χ2v) is 7.91. The largest absolute Gasteiger partial charge is 0.462 e. The topological polar surface area (TPSA) is 26.3 Å². The van der Waals surface area contributed by atoms with E-state index in [1.54, 1.807) is 0 Å². The molecule has 3 saturated carbocycles. The summed E-state index contributed by atoms with van der Waals surface area (Å²) in [5, 5.41) is 0. The zero-order valence-electron chi connectivity index (χ0n) is 13.3. The number of carbonyl (C=O) groups is 1. The average molecular weight is 278 g/mol. The van der Waals surface area contributed by atoms with Crippen LogP contribution in [0, 0.1) is 35.5 Å². The third-order valence-electron chi connectivity index (χ3n) is 6.30. The fourth-order valence-electron chi connectivity index (χ4n) is 4.65. The Morgan fingerprint density at radius 3 is 2.30 bits per heavy atom. The molecule has 0 radical (unpaired) electrons. The Morgan fingerprint density at radius 2 is 1.70 bits per heavy atom. The SMILES string of the molecule is CC(C)C1CCC(C)C(OC(=O)C2C3CCCCC32)C1. The second-order valence-electron chi connectivity index (χ2n) is 7.91. The Morgan fingerprint density at radius 1 is 1.05 bits per heavy atom. The molecule has 0 bridgehead atoms. The summed E-state index contributed by atoms with van der Waals surface area (Å²) in [5.74, 6) is 3.77. The molecule has 3 fully saturated rings. The molecule has 3 rings (SSSR count). The van der Waals surface area contributed by atoms with E-state index in [0.29, 0.717) is 23.7 Å². The van der Waals surface area contributed by atoms with Gasteiger partial charge in [0.2, 0.25) is 0 Å². The van der Waals surface area contributed by atoms with Crippen LogP contribution in [0.2, 0.25) is 0 Å². The lowest BCUT2D eigenvalue weighted by Gasteiger charge is -2.35. The van der Waals surface area contributed by atoms with Gasteiger partial charge in [-0.25, -0.2) is 0 Å². The van der Waals surface area contributed by atoms with Gasteiger partial charge < -0.3 is 4.74 Å².